The average molecular weight is 354 g/mol. The minimum Gasteiger partial charge on any atom is -0.858 e. The van der Waals surface area contributed by atoms with Crippen molar-refractivity contribution in [3.05, 3.63) is 61.2 Å². The van der Waals surface area contributed by atoms with Crippen molar-refractivity contribution in [1.82, 2.24) is 0 Å². The van der Waals surface area contributed by atoms with Crippen molar-refractivity contribution in [3.63, 3.8) is 0 Å². The zero-order valence-corrected chi connectivity index (χ0v) is 15.0. The van der Waals surface area contributed by atoms with Gasteiger partial charge in [-0.25, -0.2) is 0 Å². The fraction of sp³-hybridized carbons (Fsp3) is 0.400. The molecule has 0 aliphatic rings. The van der Waals surface area contributed by atoms with Gasteiger partial charge in [0.1, 0.15) is 0 Å². The summed E-state index contributed by atoms with van der Waals surface area (Å²) in [5.41, 5.74) is 0. The maximum absolute atomic E-state index is 11.7. The molecule has 0 aliphatic heterocycles. The lowest BCUT2D eigenvalue weighted by molar-refractivity contribution is -0.681. The molecular formula is C20H26N4O2. The standard InChI is InChI=1S/C20H26N4O2/c25-19(21-23-15-9-5-10-16-23)13-7-3-1-2-4-8-14-20(26)22-24-17-11-6-12-18-24/h5-6,9-12,15-18H,1-4,7-8,13-14H2. The van der Waals surface area contributed by atoms with Crippen molar-refractivity contribution in [2.45, 2.75) is 51.4 Å². The number of pyridine rings is 2. The third-order valence-electron chi connectivity index (χ3n) is 3.88. The van der Waals surface area contributed by atoms with E-state index in [2.05, 4.69) is 10.2 Å². The van der Waals surface area contributed by atoms with Gasteiger partial charge >= 0.3 is 0 Å². The molecule has 6 heteroatoms. The van der Waals surface area contributed by atoms with Crippen LogP contribution in [0.5, 0.6) is 0 Å². The quantitative estimate of drug-likeness (QED) is 0.262. The molecule has 138 valence electrons. The number of nitrogens with zero attached hydrogens (tertiary/aromatic N) is 4. The van der Waals surface area contributed by atoms with Crippen LogP contribution in [0.2, 0.25) is 0 Å². The lowest BCUT2D eigenvalue weighted by atomic mass is 10.1. The van der Waals surface area contributed by atoms with Crippen LogP contribution in [0.3, 0.4) is 0 Å². The monoisotopic (exact) mass is 354 g/mol. The highest BCUT2D eigenvalue weighted by Crippen LogP contribution is 2.08. The topological polar surface area (TPSA) is 78.6 Å². The molecule has 0 N–H and O–H groups in total. The number of rotatable bonds is 11. The first-order valence-corrected chi connectivity index (χ1v) is 9.16. The zero-order chi connectivity index (χ0) is 18.5. The van der Waals surface area contributed by atoms with E-state index in [0.717, 1.165) is 38.5 Å². The van der Waals surface area contributed by atoms with Gasteiger partial charge in [0.2, 0.25) is 24.8 Å². The summed E-state index contributed by atoms with van der Waals surface area (Å²) in [7, 11) is 0. The SMILES string of the molecule is [O-]/C(CCCCCCCC/C([O-])=N/[n+]1ccccc1)=N\[n+]1ccccc1. The fourth-order valence-corrected chi connectivity index (χ4v) is 2.53. The summed E-state index contributed by atoms with van der Waals surface area (Å²) in [6, 6.07) is 11.1. The highest BCUT2D eigenvalue weighted by molar-refractivity contribution is 5.70. The molecule has 0 saturated heterocycles. The molecule has 2 heterocycles. The molecule has 0 amide bonds. The molecule has 2 aromatic heterocycles. The Labute approximate surface area is 154 Å². The van der Waals surface area contributed by atoms with E-state index < -0.39 is 0 Å². The lowest BCUT2D eigenvalue weighted by Crippen LogP contribution is -2.32. The van der Waals surface area contributed by atoms with Crippen LogP contribution in [0.4, 0.5) is 0 Å². The Hall–Kier alpha value is -2.76. The third kappa shape index (κ3) is 8.37. The molecular weight excluding hydrogens is 328 g/mol. The summed E-state index contributed by atoms with van der Waals surface area (Å²) in [4.78, 5) is 0. The molecule has 2 rings (SSSR count). The summed E-state index contributed by atoms with van der Waals surface area (Å²) < 4.78 is 3.08. The summed E-state index contributed by atoms with van der Waals surface area (Å²) in [5.74, 6) is -0.182. The van der Waals surface area contributed by atoms with E-state index in [4.69, 9.17) is 0 Å². The molecule has 0 radical (unpaired) electrons. The minimum absolute atomic E-state index is 0.0909. The van der Waals surface area contributed by atoms with Crippen LogP contribution in [-0.4, -0.2) is 11.8 Å². The van der Waals surface area contributed by atoms with Gasteiger partial charge in [-0.2, -0.15) is 0 Å². The first-order chi connectivity index (χ1) is 12.7. The highest BCUT2D eigenvalue weighted by Gasteiger charge is 1.97. The van der Waals surface area contributed by atoms with Crippen molar-refractivity contribution in [1.29, 1.82) is 0 Å². The Bertz CT molecular complexity index is 626. The van der Waals surface area contributed by atoms with Gasteiger partial charge in [-0.15, -0.1) is 0 Å². The van der Waals surface area contributed by atoms with Crippen LogP contribution in [-0.2, 0) is 0 Å². The van der Waals surface area contributed by atoms with E-state index in [9.17, 15) is 10.2 Å². The van der Waals surface area contributed by atoms with E-state index in [1.807, 2.05) is 36.4 Å². The maximum atomic E-state index is 11.7. The van der Waals surface area contributed by atoms with E-state index in [1.54, 1.807) is 24.8 Å². The van der Waals surface area contributed by atoms with Crippen LogP contribution in [0.1, 0.15) is 51.4 Å². The van der Waals surface area contributed by atoms with Crippen LogP contribution >= 0.6 is 0 Å². The number of unbranched alkanes of at least 4 members (excludes halogenated alkanes) is 5. The Morgan fingerprint density at radius 3 is 1.27 bits per heavy atom. The van der Waals surface area contributed by atoms with Crippen LogP contribution in [0.15, 0.2) is 71.4 Å². The van der Waals surface area contributed by atoms with Crippen molar-refractivity contribution >= 4 is 11.8 Å². The van der Waals surface area contributed by atoms with Crippen molar-refractivity contribution < 1.29 is 19.6 Å². The number of hydrogen-bond donors (Lipinski definition) is 0. The predicted octanol–water partition coefficient (Wildman–Crippen LogP) is 1.13. The molecule has 0 saturated carbocycles. The molecule has 0 aromatic carbocycles. The smallest absolute Gasteiger partial charge is 0.202 e. The molecule has 0 bridgehead atoms. The Morgan fingerprint density at radius 2 is 0.885 bits per heavy atom. The summed E-state index contributed by atoms with van der Waals surface area (Å²) in [6.45, 7) is 0. The molecule has 0 spiro atoms. The molecule has 6 nitrogen and oxygen atoms in total. The first kappa shape index (κ1) is 19.6. The van der Waals surface area contributed by atoms with Gasteiger partial charge in [-0.05, 0) is 35.9 Å². The predicted molar refractivity (Wildman–Crippen MR) is 95.9 cm³/mol. The largest absolute Gasteiger partial charge is 0.858 e. The van der Waals surface area contributed by atoms with Crippen molar-refractivity contribution in [3.8, 4) is 0 Å². The van der Waals surface area contributed by atoms with E-state index in [1.165, 1.54) is 9.35 Å². The van der Waals surface area contributed by atoms with Gasteiger partial charge in [0.05, 0.1) is 0 Å². The Morgan fingerprint density at radius 1 is 0.538 bits per heavy atom. The van der Waals surface area contributed by atoms with Gasteiger partial charge in [0.15, 0.2) is 0 Å². The maximum Gasteiger partial charge on any atom is 0.202 e. The molecule has 0 aliphatic carbocycles. The van der Waals surface area contributed by atoms with E-state index in [0.29, 0.717) is 12.8 Å². The van der Waals surface area contributed by atoms with Gasteiger partial charge in [-0.1, -0.05) is 47.2 Å². The third-order valence-corrected chi connectivity index (χ3v) is 3.88. The number of aromatic nitrogens is 2. The second-order valence-electron chi connectivity index (χ2n) is 6.12. The van der Waals surface area contributed by atoms with E-state index >= 15 is 0 Å². The van der Waals surface area contributed by atoms with Gasteiger partial charge in [-0.3, -0.25) is 0 Å². The lowest BCUT2D eigenvalue weighted by Gasteiger charge is -2.07. The highest BCUT2D eigenvalue weighted by atomic mass is 16.3. The Kier molecular flexibility index (Phi) is 8.83. The van der Waals surface area contributed by atoms with E-state index in [-0.39, 0.29) is 11.8 Å². The average Bonchev–Trinajstić information content (AvgIpc) is 2.65. The molecule has 0 atom stereocenters. The summed E-state index contributed by atoms with van der Waals surface area (Å²) >= 11 is 0. The van der Waals surface area contributed by atoms with Crippen LogP contribution in [0, 0.1) is 0 Å². The Balaban J connectivity index is 1.50. The molecule has 0 unspecified atom stereocenters. The normalized spacial score (nSPS) is 12.3. The van der Waals surface area contributed by atoms with Crippen LogP contribution < -0.4 is 19.6 Å². The summed E-state index contributed by atoms with van der Waals surface area (Å²) in [6.07, 6.45) is 13.9. The zero-order valence-electron chi connectivity index (χ0n) is 15.0. The van der Waals surface area contributed by atoms with Crippen LogP contribution in [0.25, 0.3) is 0 Å². The second-order valence-corrected chi connectivity index (χ2v) is 6.12. The fourth-order valence-electron chi connectivity index (χ4n) is 2.53. The summed E-state index contributed by atoms with van der Waals surface area (Å²) in [5, 5.41) is 31.4. The van der Waals surface area contributed by atoms with Gasteiger partial charge in [0, 0.05) is 36.1 Å². The molecule has 2 aromatic rings. The minimum atomic E-state index is -0.0909. The molecule has 26 heavy (non-hydrogen) atoms. The van der Waals surface area contributed by atoms with Gasteiger partial charge < -0.3 is 10.2 Å². The van der Waals surface area contributed by atoms with Crippen molar-refractivity contribution in [2.75, 3.05) is 0 Å². The van der Waals surface area contributed by atoms with Gasteiger partial charge in [0.25, 0.3) is 0 Å². The molecule has 0 fully saturated rings. The van der Waals surface area contributed by atoms with Crippen molar-refractivity contribution in [2.24, 2.45) is 10.2 Å². The first-order valence-electron chi connectivity index (χ1n) is 9.16. The second kappa shape index (κ2) is 11.7. The number of hydrogen-bond acceptors (Lipinski definition) is 4.